The van der Waals surface area contributed by atoms with Gasteiger partial charge in [0.05, 0.1) is 5.38 Å². The maximum absolute atomic E-state index is 12.3. The predicted octanol–water partition coefficient (Wildman–Crippen LogP) is 4.37. The van der Waals surface area contributed by atoms with Crippen molar-refractivity contribution < 1.29 is 4.79 Å². The molecular formula is C17H26ClNO. The van der Waals surface area contributed by atoms with Gasteiger partial charge in [-0.3, -0.25) is 4.79 Å². The van der Waals surface area contributed by atoms with E-state index in [2.05, 4.69) is 39.9 Å². The normalized spacial score (nSPS) is 13.3. The molecule has 0 saturated heterocycles. The van der Waals surface area contributed by atoms with E-state index in [1.165, 1.54) is 0 Å². The zero-order chi connectivity index (χ0) is 15.3. The Morgan fingerprint density at radius 1 is 1.25 bits per heavy atom. The first-order valence-corrected chi connectivity index (χ1v) is 7.67. The van der Waals surface area contributed by atoms with E-state index in [4.69, 9.17) is 11.6 Å². The van der Waals surface area contributed by atoms with Crippen molar-refractivity contribution in [1.82, 2.24) is 5.32 Å². The Kier molecular flexibility index (Phi) is 6.07. The summed E-state index contributed by atoms with van der Waals surface area (Å²) in [7, 11) is 0. The molecule has 1 unspecified atom stereocenters. The molecule has 0 aliphatic heterocycles. The van der Waals surface area contributed by atoms with Crippen LogP contribution in [0.1, 0.15) is 57.0 Å². The first kappa shape index (κ1) is 17.0. The molecule has 0 aliphatic carbocycles. The fraction of sp³-hybridized carbons (Fsp3) is 0.588. The number of amides is 1. The summed E-state index contributed by atoms with van der Waals surface area (Å²) in [5, 5.41) is 2.93. The van der Waals surface area contributed by atoms with Crippen molar-refractivity contribution in [1.29, 1.82) is 0 Å². The van der Waals surface area contributed by atoms with Crippen LogP contribution in [-0.4, -0.2) is 17.8 Å². The first-order chi connectivity index (χ1) is 9.21. The minimum absolute atomic E-state index is 0.0132. The van der Waals surface area contributed by atoms with Gasteiger partial charge in [0, 0.05) is 12.1 Å². The van der Waals surface area contributed by atoms with Crippen molar-refractivity contribution in [2.75, 3.05) is 6.54 Å². The summed E-state index contributed by atoms with van der Waals surface area (Å²) in [5.74, 6) is 0.501. The van der Waals surface area contributed by atoms with Crippen molar-refractivity contribution >= 4 is 17.5 Å². The second kappa shape index (κ2) is 7.12. The number of carbonyl (C=O) groups excluding carboxylic acids is 1. The van der Waals surface area contributed by atoms with Crippen LogP contribution in [0, 0.1) is 5.92 Å². The number of nitrogens with one attached hydrogen (secondary N) is 1. The molecule has 0 spiro atoms. The Labute approximate surface area is 127 Å². The van der Waals surface area contributed by atoms with E-state index in [0.717, 1.165) is 17.5 Å². The number of rotatable bonds is 5. The molecule has 112 valence electrons. The second-order valence-corrected chi connectivity index (χ2v) is 7.35. The monoisotopic (exact) mass is 295 g/mol. The lowest BCUT2D eigenvalue weighted by Crippen LogP contribution is -2.32. The van der Waals surface area contributed by atoms with E-state index >= 15 is 0 Å². The Bertz CT molecular complexity index is 449. The molecule has 0 aliphatic rings. The fourth-order valence-electron chi connectivity index (χ4n) is 2.23. The molecule has 20 heavy (non-hydrogen) atoms. The lowest BCUT2D eigenvalue weighted by atomic mass is 9.83. The highest BCUT2D eigenvalue weighted by Gasteiger charge is 2.21. The Hall–Kier alpha value is -1.02. The fourth-order valence-corrected chi connectivity index (χ4v) is 2.66. The number of benzene rings is 1. The Morgan fingerprint density at radius 2 is 1.85 bits per heavy atom. The van der Waals surface area contributed by atoms with Crippen molar-refractivity contribution in [2.24, 2.45) is 5.92 Å². The van der Waals surface area contributed by atoms with Gasteiger partial charge in [0.1, 0.15) is 0 Å². The van der Waals surface area contributed by atoms with Crippen LogP contribution in [0.25, 0.3) is 0 Å². The average molecular weight is 296 g/mol. The van der Waals surface area contributed by atoms with Crippen LogP contribution < -0.4 is 5.32 Å². The molecule has 1 amide bonds. The van der Waals surface area contributed by atoms with Crippen molar-refractivity contribution in [3.63, 3.8) is 0 Å². The summed E-state index contributed by atoms with van der Waals surface area (Å²) in [6.45, 7) is 11.1. The molecule has 0 bridgehead atoms. The minimum atomic E-state index is -0.0494. The number of hydrogen-bond acceptors (Lipinski definition) is 1. The third-order valence-corrected chi connectivity index (χ3v) is 3.52. The number of hydrogen-bond donors (Lipinski definition) is 1. The van der Waals surface area contributed by atoms with Gasteiger partial charge in [0.15, 0.2) is 0 Å². The second-order valence-electron chi connectivity index (χ2n) is 6.73. The molecule has 0 radical (unpaired) electrons. The minimum Gasteiger partial charge on any atom is -0.351 e. The lowest BCUT2D eigenvalue weighted by Gasteiger charge is -2.22. The molecule has 0 heterocycles. The zero-order valence-electron chi connectivity index (χ0n) is 13.2. The first-order valence-electron chi connectivity index (χ1n) is 7.23. The molecule has 3 heteroatoms. The molecule has 1 N–H and O–H groups in total. The molecule has 0 saturated carbocycles. The van der Waals surface area contributed by atoms with Gasteiger partial charge in [-0.2, -0.15) is 0 Å². The van der Waals surface area contributed by atoms with Crippen LogP contribution in [0.15, 0.2) is 24.3 Å². The summed E-state index contributed by atoms with van der Waals surface area (Å²) >= 11 is 6.22. The van der Waals surface area contributed by atoms with Crippen LogP contribution in [0.2, 0.25) is 0 Å². The van der Waals surface area contributed by atoms with Crippen LogP contribution in [0.3, 0.4) is 0 Å². The molecule has 1 aromatic carbocycles. The predicted molar refractivity (Wildman–Crippen MR) is 86.6 cm³/mol. The molecule has 0 fully saturated rings. The molecule has 1 aromatic rings. The third-order valence-electron chi connectivity index (χ3n) is 3.19. The smallest absolute Gasteiger partial charge is 0.251 e. The standard InChI is InChI=1S/C17H26ClNO/c1-12(2)10-13(18)11-19-16(20)14-8-6-7-9-15(14)17(3,4)5/h6-9,12-13H,10-11H2,1-5H3,(H,19,20). The summed E-state index contributed by atoms with van der Waals surface area (Å²) in [6, 6.07) is 7.76. The van der Waals surface area contributed by atoms with Crippen LogP contribution in [-0.2, 0) is 5.41 Å². The highest BCUT2D eigenvalue weighted by molar-refractivity contribution is 6.21. The Balaban J connectivity index is 2.74. The van der Waals surface area contributed by atoms with Crippen molar-refractivity contribution in [2.45, 2.75) is 51.8 Å². The summed E-state index contributed by atoms with van der Waals surface area (Å²) < 4.78 is 0. The van der Waals surface area contributed by atoms with Gasteiger partial charge in [-0.1, -0.05) is 52.8 Å². The molecule has 1 atom stereocenters. The maximum atomic E-state index is 12.3. The van der Waals surface area contributed by atoms with E-state index in [1.807, 2.05) is 24.3 Å². The number of alkyl halides is 1. The Morgan fingerprint density at radius 3 is 2.40 bits per heavy atom. The van der Waals surface area contributed by atoms with Gasteiger partial charge < -0.3 is 5.32 Å². The van der Waals surface area contributed by atoms with Crippen LogP contribution in [0.4, 0.5) is 0 Å². The third kappa shape index (κ3) is 5.16. The molecule has 0 aromatic heterocycles. The highest BCUT2D eigenvalue weighted by Crippen LogP contribution is 2.25. The van der Waals surface area contributed by atoms with Crippen molar-refractivity contribution in [3.05, 3.63) is 35.4 Å². The summed E-state index contributed by atoms with van der Waals surface area (Å²) in [4.78, 5) is 12.3. The van der Waals surface area contributed by atoms with Gasteiger partial charge in [-0.05, 0) is 29.4 Å². The molecular weight excluding hydrogens is 270 g/mol. The summed E-state index contributed by atoms with van der Waals surface area (Å²) in [5.41, 5.74) is 1.76. The zero-order valence-corrected chi connectivity index (χ0v) is 13.9. The van der Waals surface area contributed by atoms with Gasteiger partial charge >= 0.3 is 0 Å². The summed E-state index contributed by atoms with van der Waals surface area (Å²) in [6.07, 6.45) is 0.906. The van der Waals surface area contributed by atoms with Crippen LogP contribution >= 0.6 is 11.6 Å². The van der Waals surface area contributed by atoms with Gasteiger partial charge in [-0.25, -0.2) is 0 Å². The van der Waals surface area contributed by atoms with E-state index < -0.39 is 0 Å². The average Bonchev–Trinajstić information content (AvgIpc) is 2.34. The highest BCUT2D eigenvalue weighted by atomic mass is 35.5. The topological polar surface area (TPSA) is 29.1 Å². The van der Waals surface area contributed by atoms with Gasteiger partial charge in [0.2, 0.25) is 0 Å². The largest absolute Gasteiger partial charge is 0.351 e. The molecule has 2 nitrogen and oxygen atoms in total. The van der Waals surface area contributed by atoms with E-state index in [0.29, 0.717) is 12.5 Å². The van der Waals surface area contributed by atoms with Crippen molar-refractivity contribution in [3.8, 4) is 0 Å². The quantitative estimate of drug-likeness (QED) is 0.803. The number of carbonyl (C=O) groups is 1. The SMILES string of the molecule is CC(C)CC(Cl)CNC(=O)c1ccccc1C(C)(C)C. The van der Waals surface area contributed by atoms with E-state index in [-0.39, 0.29) is 16.7 Å². The van der Waals surface area contributed by atoms with Crippen LogP contribution in [0.5, 0.6) is 0 Å². The van der Waals surface area contributed by atoms with Gasteiger partial charge in [-0.15, -0.1) is 11.6 Å². The van der Waals surface area contributed by atoms with Gasteiger partial charge in [0.25, 0.3) is 5.91 Å². The maximum Gasteiger partial charge on any atom is 0.251 e. The number of halogens is 1. The van der Waals surface area contributed by atoms with E-state index in [9.17, 15) is 4.79 Å². The lowest BCUT2D eigenvalue weighted by molar-refractivity contribution is 0.0950. The van der Waals surface area contributed by atoms with E-state index in [1.54, 1.807) is 0 Å². The molecule has 1 rings (SSSR count).